The Morgan fingerprint density at radius 3 is 2.60 bits per heavy atom. The number of benzene rings is 2. The van der Waals surface area contributed by atoms with Crippen molar-refractivity contribution < 1.29 is 4.79 Å². The fourth-order valence-electron chi connectivity index (χ4n) is 2.23. The molecule has 1 heterocycles. The van der Waals surface area contributed by atoms with Crippen molar-refractivity contribution in [3.63, 3.8) is 0 Å². The minimum Gasteiger partial charge on any atom is -0.319 e. The maximum atomic E-state index is 12.3. The molecule has 0 aliphatic carbocycles. The number of anilines is 2. The predicted molar refractivity (Wildman–Crippen MR) is 81.2 cm³/mol. The van der Waals surface area contributed by atoms with Crippen molar-refractivity contribution >= 4 is 23.0 Å². The molecule has 1 amide bonds. The molecule has 0 radical (unpaired) electrons. The first-order valence-electron chi connectivity index (χ1n) is 6.45. The number of aryl methyl sites for hydroxylation is 1. The van der Waals surface area contributed by atoms with Gasteiger partial charge in [-0.15, -0.1) is 0 Å². The molecule has 2 aromatic carbocycles. The third-order valence-electron chi connectivity index (χ3n) is 3.26. The van der Waals surface area contributed by atoms with Crippen LogP contribution < -0.4 is 10.3 Å². The smallest absolute Gasteiger partial charge is 0.276 e. The van der Waals surface area contributed by atoms with Crippen LogP contribution in [0.4, 0.5) is 11.4 Å². The molecule has 20 heavy (non-hydrogen) atoms. The molecule has 3 rings (SSSR count). The van der Waals surface area contributed by atoms with Crippen LogP contribution in [-0.4, -0.2) is 18.7 Å². The molecule has 0 unspecified atom stereocenters. The standard InChI is InChI=1S/C16H15N3O/c1-11-8-9-13-14(10-11)19(2)18-15(16(20)17-13)12-6-4-3-5-7-12/h3-10H,1-2H3,(H,17,20). The van der Waals surface area contributed by atoms with Gasteiger partial charge in [-0.2, -0.15) is 5.10 Å². The number of amides is 1. The van der Waals surface area contributed by atoms with Crippen LogP contribution in [-0.2, 0) is 4.79 Å². The van der Waals surface area contributed by atoms with Crippen LogP contribution in [0.25, 0.3) is 0 Å². The highest BCUT2D eigenvalue weighted by Crippen LogP contribution is 2.29. The van der Waals surface area contributed by atoms with Gasteiger partial charge in [0.15, 0.2) is 5.71 Å². The molecule has 0 saturated heterocycles. The van der Waals surface area contributed by atoms with Crippen molar-refractivity contribution in [1.29, 1.82) is 0 Å². The highest BCUT2D eigenvalue weighted by Gasteiger charge is 2.21. The maximum absolute atomic E-state index is 12.3. The van der Waals surface area contributed by atoms with Gasteiger partial charge in [0, 0.05) is 12.6 Å². The molecule has 0 aromatic heterocycles. The summed E-state index contributed by atoms with van der Waals surface area (Å²) >= 11 is 0. The van der Waals surface area contributed by atoms with Crippen LogP contribution in [0, 0.1) is 6.92 Å². The van der Waals surface area contributed by atoms with E-state index in [0.29, 0.717) is 5.71 Å². The third-order valence-corrected chi connectivity index (χ3v) is 3.26. The summed E-state index contributed by atoms with van der Waals surface area (Å²) in [6, 6.07) is 15.4. The zero-order chi connectivity index (χ0) is 14.1. The summed E-state index contributed by atoms with van der Waals surface area (Å²) in [5.41, 5.74) is 4.02. The number of nitrogens with zero attached hydrogens (tertiary/aromatic N) is 2. The number of hydrogen-bond donors (Lipinski definition) is 1. The number of fused-ring (bicyclic) bond motifs is 1. The monoisotopic (exact) mass is 265 g/mol. The second-order valence-electron chi connectivity index (χ2n) is 4.81. The summed E-state index contributed by atoms with van der Waals surface area (Å²) in [6.07, 6.45) is 0. The van der Waals surface area contributed by atoms with Gasteiger partial charge in [0.1, 0.15) is 0 Å². The van der Waals surface area contributed by atoms with E-state index in [-0.39, 0.29) is 5.91 Å². The van der Waals surface area contributed by atoms with Crippen LogP contribution in [0.2, 0.25) is 0 Å². The van der Waals surface area contributed by atoms with Crippen LogP contribution in [0.15, 0.2) is 53.6 Å². The van der Waals surface area contributed by atoms with Gasteiger partial charge in [-0.3, -0.25) is 9.80 Å². The number of nitrogens with one attached hydrogen (secondary N) is 1. The highest BCUT2D eigenvalue weighted by molar-refractivity contribution is 6.49. The number of carbonyl (C=O) groups is 1. The van der Waals surface area contributed by atoms with E-state index in [0.717, 1.165) is 22.5 Å². The number of hydrogen-bond acceptors (Lipinski definition) is 3. The van der Waals surface area contributed by atoms with E-state index in [2.05, 4.69) is 10.4 Å². The average molecular weight is 265 g/mol. The first-order valence-corrected chi connectivity index (χ1v) is 6.45. The number of rotatable bonds is 1. The first kappa shape index (κ1) is 12.4. The largest absolute Gasteiger partial charge is 0.319 e. The lowest BCUT2D eigenvalue weighted by Crippen LogP contribution is -2.23. The molecular formula is C16H15N3O. The highest BCUT2D eigenvalue weighted by atomic mass is 16.2. The van der Waals surface area contributed by atoms with E-state index >= 15 is 0 Å². The second-order valence-corrected chi connectivity index (χ2v) is 4.81. The summed E-state index contributed by atoms with van der Waals surface area (Å²) in [6.45, 7) is 2.02. The summed E-state index contributed by atoms with van der Waals surface area (Å²) in [4.78, 5) is 12.3. The molecule has 4 nitrogen and oxygen atoms in total. The minimum absolute atomic E-state index is 0.189. The molecule has 0 atom stereocenters. The van der Waals surface area contributed by atoms with E-state index in [1.807, 2.05) is 62.5 Å². The predicted octanol–water partition coefficient (Wildman–Crippen LogP) is 2.79. The Bertz CT molecular complexity index is 692. The van der Waals surface area contributed by atoms with Crippen LogP contribution in [0.5, 0.6) is 0 Å². The maximum Gasteiger partial charge on any atom is 0.276 e. The second kappa shape index (κ2) is 4.81. The molecule has 0 spiro atoms. The van der Waals surface area contributed by atoms with E-state index in [4.69, 9.17) is 0 Å². The third kappa shape index (κ3) is 2.16. The lowest BCUT2D eigenvalue weighted by atomic mass is 10.1. The normalized spacial score (nSPS) is 14.2. The zero-order valence-corrected chi connectivity index (χ0v) is 11.4. The summed E-state index contributed by atoms with van der Waals surface area (Å²) in [7, 11) is 1.85. The van der Waals surface area contributed by atoms with Gasteiger partial charge in [0.2, 0.25) is 0 Å². The first-order chi connectivity index (χ1) is 9.65. The van der Waals surface area contributed by atoms with Gasteiger partial charge in [-0.1, -0.05) is 36.4 Å². The molecule has 1 N–H and O–H groups in total. The van der Waals surface area contributed by atoms with Crippen molar-refractivity contribution in [2.75, 3.05) is 17.4 Å². The molecule has 100 valence electrons. The van der Waals surface area contributed by atoms with Gasteiger partial charge in [0.05, 0.1) is 11.4 Å². The summed E-state index contributed by atoms with van der Waals surface area (Å²) in [5.74, 6) is -0.189. The van der Waals surface area contributed by atoms with Gasteiger partial charge >= 0.3 is 0 Å². The Hall–Kier alpha value is -2.62. The van der Waals surface area contributed by atoms with Crippen molar-refractivity contribution in [1.82, 2.24) is 0 Å². The Morgan fingerprint density at radius 2 is 1.85 bits per heavy atom. The van der Waals surface area contributed by atoms with E-state index < -0.39 is 0 Å². The van der Waals surface area contributed by atoms with Gasteiger partial charge < -0.3 is 5.32 Å². The molecule has 0 saturated carbocycles. The molecule has 0 fully saturated rings. The molecule has 1 aliphatic rings. The molecule has 2 aromatic rings. The van der Waals surface area contributed by atoms with Crippen molar-refractivity contribution in [2.24, 2.45) is 5.10 Å². The SMILES string of the molecule is Cc1ccc2c(c1)N(C)N=C(c1ccccc1)C(=O)N2. The molecule has 1 aliphatic heterocycles. The number of hydrazone groups is 1. The Kier molecular flexibility index (Phi) is 2.99. The Balaban J connectivity index is 2.09. The Morgan fingerprint density at radius 1 is 1.10 bits per heavy atom. The quantitative estimate of drug-likeness (QED) is 0.861. The van der Waals surface area contributed by atoms with Gasteiger partial charge in [0.25, 0.3) is 5.91 Å². The van der Waals surface area contributed by atoms with Crippen LogP contribution in [0.3, 0.4) is 0 Å². The van der Waals surface area contributed by atoms with E-state index in [9.17, 15) is 4.79 Å². The van der Waals surface area contributed by atoms with Crippen LogP contribution in [0.1, 0.15) is 11.1 Å². The topological polar surface area (TPSA) is 44.7 Å². The van der Waals surface area contributed by atoms with Gasteiger partial charge in [-0.25, -0.2) is 0 Å². The van der Waals surface area contributed by atoms with E-state index in [1.54, 1.807) is 5.01 Å². The molecule has 4 heteroatoms. The van der Waals surface area contributed by atoms with Crippen molar-refractivity contribution in [3.05, 3.63) is 59.7 Å². The molecular weight excluding hydrogens is 250 g/mol. The summed E-state index contributed by atoms with van der Waals surface area (Å²) in [5, 5.41) is 9.10. The molecule has 0 bridgehead atoms. The Labute approximate surface area is 117 Å². The average Bonchev–Trinajstić information content (AvgIpc) is 2.58. The lowest BCUT2D eigenvalue weighted by molar-refractivity contribution is -0.110. The van der Waals surface area contributed by atoms with Crippen molar-refractivity contribution in [3.8, 4) is 0 Å². The number of carbonyl (C=O) groups excluding carboxylic acids is 1. The van der Waals surface area contributed by atoms with E-state index in [1.165, 1.54) is 0 Å². The fraction of sp³-hybridized carbons (Fsp3) is 0.125. The lowest BCUT2D eigenvalue weighted by Gasteiger charge is -2.15. The van der Waals surface area contributed by atoms with Gasteiger partial charge in [-0.05, 0) is 24.6 Å². The fourth-order valence-corrected chi connectivity index (χ4v) is 2.23. The minimum atomic E-state index is -0.189. The zero-order valence-electron chi connectivity index (χ0n) is 11.4. The van der Waals surface area contributed by atoms with Crippen LogP contribution >= 0.6 is 0 Å². The van der Waals surface area contributed by atoms with Crippen molar-refractivity contribution in [2.45, 2.75) is 6.92 Å². The summed E-state index contributed by atoms with van der Waals surface area (Å²) < 4.78 is 0.